The van der Waals surface area contributed by atoms with Crippen LogP contribution in [0.1, 0.15) is 26.3 Å². The van der Waals surface area contributed by atoms with E-state index in [0.29, 0.717) is 0 Å². The van der Waals surface area contributed by atoms with Crippen molar-refractivity contribution in [1.29, 1.82) is 0 Å². The smallest absolute Gasteiger partial charge is 0.210 e. The van der Waals surface area contributed by atoms with Crippen molar-refractivity contribution in [3.63, 3.8) is 0 Å². The summed E-state index contributed by atoms with van der Waals surface area (Å²) in [5, 5.41) is 13.5. The van der Waals surface area contributed by atoms with Gasteiger partial charge < -0.3 is 5.32 Å². The third-order valence-electron chi connectivity index (χ3n) is 3.53. The van der Waals surface area contributed by atoms with Crippen molar-refractivity contribution >= 4 is 38.1 Å². The van der Waals surface area contributed by atoms with Gasteiger partial charge >= 0.3 is 0 Å². The Bertz CT molecular complexity index is 804. The standard InChI is InChI=1S/C18H18BrN3S/c1-18(2,3)12-8-10-13(11-9-12)20-17-22-21-16(23-17)14-6-4-5-7-15(14)19/h4-11H,1-3H3,(H,20,22). The van der Waals surface area contributed by atoms with E-state index in [2.05, 4.69) is 76.5 Å². The van der Waals surface area contributed by atoms with Gasteiger partial charge in [-0.05, 0) is 29.2 Å². The molecule has 1 heterocycles. The molecule has 0 atom stereocenters. The Morgan fingerprint density at radius 2 is 1.65 bits per heavy atom. The highest BCUT2D eigenvalue weighted by Crippen LogP contribution is 2.33. The molecule has 0 saturated carbocycles. The maximum atomic E-state index is 4.28. The molecule has 2 aromatic carbocycles. The minimum atomic E-state index is 0.161. The molecule has 0 aliphatic carbocycles. The number of halogens is 1. The van der Waals surface area contributed by atoms with Crippen molar-refractivity contribution in [2.45, 2.75) is 26.2 Å². The van der Waals surface area contributed by atoms with Gasteiger partial charge in [0, 0.05) is 15.7 Å². The van der Waals surface area contributed by atoms with Gasteiger partial charge in [0.25, 0.3) is 0 Å². The Kier molecular flexibility index (Phi) is 4.50. The lowest BCUT2D eigenvalue weighted by atomic mass is 9.87. The molecule has 0 amide bonds. The lowest BCUT2D eigenvalue weighted by Gasteiger charge is -2.19. The van der Waals surface area contributed by atoms with Crippen LogP contribution in [-0.4, -0.2) is 10.2 Å². The van der Waals surface area contributed by atoms with Crippen LogP contribution in [0.15, 0.2) is 53.0 Å². The highest BCUT2D eigenvalue weighted by atomic mass is 79.9. The molecule has 0 aliphatic heterocycles. The van der Waals surface area contributed by atoms with E-state index in [-0.39, 0.29) is 5.41 Å². The molecule has 0 spiro atoms. The van der Waals surface area contributed by atoms with Crippen molar-refractivity contribution in [3.8, 4) is 10.6 Å². The van der Waals surface area contributed by atoms with Gasteiger partial charge in [-0.3, -0.25) is 0 Å². The third-order valence-corrected chi connectivity index (χ3v) is 5.09. The van der Waals surface area contributed by atoms with Crippen molar-refractivity contribution in [3.05, 3.63) is 58.6 Å². The van der Waals surface area contributed by atoms with Crippen molar-refractivity contribution in [2.75, 3.05) is 5.32 Å². The van der Waals surface area contributed by atoms with Crippen LogP contribution in [0.3, 0.4) is 0 Å². The predicted octanol–water partition coefficient (Wildman–Crippen LogP) is 6.01. The lowest BCUT2D eigenvalue weighted by Crippen LogP contribution is -2.10. The Hall–Kier alpha value is -1.72. The van der Waals surface area contributed by atoms with E-state index in [4.69, 9.17) is 0 Å². The molecule has 3 aromatic rings. The first-order chi connectivity index (χ1) is 10.9. The van der Waals surface area contributed by atoms with Crippen LogP contribution < -0.4 is 5.32 Å². The summed E-state index contributed by atoms with van der Waals surface area (Å²) in [4.78, 5) is 0. The second kappa shape index (κ2) is 6.42. The van der Waals surface area contributed by atoms with Crippen molar-refractivity contribution < 1.29 is 0 Å². The number of hydrogen-bond donors (Lipinski definition) is 1. The molecule has 0 aliphatic rings. The second-order valence-electron chi connectivity index (χ2n) is 6.34. The van der Waals surface area contributed by atoms with E-state index in [9.17, 15) is 0 Å². The SMILES string of the molecule is CC(C)(C)c1ccc(Nc2nnc(-c3ccccc3Br)s2)cc1. The first-order valence-electron chi connectivity index (χ1n) is 7.39. The number of benzene rings is 2. The highest BCUT2D eigenvalue weighted by Gasteiger charge is 2.13. The first kappa shape index (κ1) is 16.1. The number of hydrogen-bond acceptors (Lipinski definition) is 4. The van der Waals surface area contributed by atoms with Gasteiger partial charge in [0.2, 0.25) is 5.13 Å². The molecule has 0 radical (unpaired) electrons. The molecule has 1 aromatic heterocycles. The molecule has 0 fully saturated rings. The molecular formula is C18H18BrN3S. The monoisotopic (exact) mass is 387 g/mol. The number of nitrogens with zero attached hydrogens (tertiary/aromatic N) is 2. The number of nitrogens with one attached hydrogen (secondary N) is 1. The van der Waals surface area contributed by atoms with Gasteiger partial charge in [0.15, 0.2) is 5.01 Å². The average Bonchev–Trinajstić information content (AvgIpc) is 2.95. The normalized spacial score (nSPS) is 11.5. The van der Waals surface area contributed by atoms with Crippen LogP contribution >= 0.6 is 27.3 Å². The Labute approximate surface area is 148 Å². The zero-order valence-electron chi connectivity index (χ0n) is 13.3. The number of rotatable bonds is 3. The van der Waals surface area contributed by atoms with Crippen LogP contribution in [-0.2, 0) is 5.41 Å². The van der Waals surface area contributed by atoms with E-state index in [1.165, 1.54) is 5.56 Å². The predicted molar refractivity (Wildman–Crippen MR) is 101 cm³/mol. The molecule has 5 heteroatoms. The van der Waals surface area contributed by atoms with Crippen molar-refractivity contribution in [1.82, 2.24) is 10.2 Å². The number of aromatic nitrogens is 2. The summed E-state index contributed by atoms with van der Waals surface area (Å²) in [6.07, 6.45) is 0. The van der Waals surface area contributed by atoms with E-state index >= 15 is 0 Å². The summed E-state index contributed by atoms with van der Waals surface area (Å²) < 4.78 is 1.03. The molecule has 1 N–H and O–H groups in total. The fourth-order valence-corrected chi connectivity index (χ4v) is 3.60. The summed E-state index contributed by atoms with van der Waals surface area (Å²) in [6.45, 7) is 6.64. The summed E-state index contributed by atoms with van der Waals surface area (Å²) in [6, 6.07) is 16.5. The first-order valence-corrected chi connectivity index (χ1v) is 9.00. The topological polar surface area (TPSA) is 37.8 Å². The summed E-state index contributed by atoms with van der Waals surface area (Å²) in [7, 11) is 0. The van der Waals surface area contributed by atoms with E-state index < -0.39 is 0 Å². The van der Waals surface area contributed by atoms with Crippen LogP contribution in [0.2, 0.25) is 0 Å². The van der Waals surface area contributed by atoms with E-state index in [0.717, 1.165) is 25.9 Å². The molecule has 0 saturated heterocycles. The van der Waals surface area contributed by atoms with Crippen molar-refractivity contribution in [2.24, 2.45) is 0 Å². The van der Waals surface area contributed by atoms with Gasteiger partial charge in [-0.2, -0.15) is 0 Å². The van der Waals surface area contributed by atoms with Gasteiger partial charge in [-0.1, -0.05) is 78.4 Å². The molecule has 3 nitrogen and oxygen atoms in total. The third kappa shape index (κ3) is 3.79. The van der Waals surface area contributed by atoms with Crippen LogP contribution in [0.5, 0.6) is 0 Å². The lowest BCUT2D eigenvalue weighted by molar-refractivity contribution is 0.590. The quantitative estimate of drug-likeness (QED) is 0.597. The molecule has 3 rings (SSSR count). The fourth-order valence-electron chi connectivity index (χ4n) is 2.19. The molecular weight excluding hydrogens is 370 g/mol. The largest absolute Gasteiger partial charge is 0.330 e. The zero-order chi connectivity index (χ0) is 16.4. The molecule has 23 heavy (non-hydrogen) atoms. The molecule has 0 unspecified atom stereocenters. The molecule has 118 valence electrons. The maximum absolute atomic E-state index is 4.28. The molecule has 0 bridgehead atoms. The Balaban J connectivity index is 1.78. The summed E-state index contributed by atoms with van der Waals surface area (Å²) >= 11 is 5.10. The minimum Gasteiger partial charge on any atom is -0.330 e. The van der Waals surface area contributed by atoms with E-state index in [1.54, 1.807) is 11.3 Å². The van der Waals surface area contributed by atoms with E-state index in [1.807, 2.05) is 24.3 Å². The Morgan fingerprint density at radius 1 is 0.957 bits per heavy atom. The summed E-state index contributed by atoms with van der Waals surface area (Å²) in [5.74, 6) is 0. The Morgan fingerprint density at radius 3 is 2.30 bits per heavy atom. The maximum Gasteiger partial charge on any atom is 0.210 e. The summed E-state index contributed by atoms with van der Waals surface area (Å²) in [5.41, 5.74) is 3.55. The van der Waals surface area contributed by atoms with Gasteiger partial charge in [0.1, 0.15) is 0 Å². The van der Waals surface area contributed by atoms with Crippen LogP contribution in [0.4, 0.5) is 10.8 Å². The van der Waals surface area contributed by atoms with Gasteiger partial charge in [-0.25, -0.2) is 0 Å². The van der Waals surface area contributed by atoms with Gasteiger partial charge in [-0.15, -0.1) is 10.2 Å². The highest BCUT2D eigenvalue weighted by molar-refractivity contribution is 9.10. The van der Waals surface area contributed by atoms with Gasteiger partial charge in [0.05, 0.1) is 0 Å². The minimum absolute atomic E-state index is 0.161. The van der Waals surface area contributed by atoms with Crippen LogP contribution in [0.25, 0.3) is 10.6 Å². The number of anilines is 2. The fraction of sp³-hybridized carbons (Fsp3) is 0.222. The average molecular weight is 388 g/mol. The second-order valence-corrected chi connectivity index (χ2v) is 8.18. The zero-order valence-corrected chi connectivity index (χ0v) is 15.7. The van der Waals surface area contributed by atoms with Crippen LogP contribution in [0, 0.1) is 0 Å².